The average Bonchev–Trinajstić information content (AvgIpc) is 2.31. The fourth-order valence-electron chi connectivity index (χ4n) is 2.03. The van der Waals surface area contributed by atoms with Gasteiger partial charge in [0.1, 0.15) is 0 Å². The predicted molar refractivity (Wildman–Crippen MR) is 69.5 cm³/mol. The molecule has 0 radical (unpaired) electrons. The SMILES string of the molecule is CCOc1cc2c(cc1OCC)CC(C)N=C2. The van der Waals surface area contributed by atoms with E-state index in [-0.39, 0.29) is 0 Å². The van der Waals surface area contributed by atoms with Crippen LogP contribution in [0.3, 0.4) is 0 Å². The number of nitrogens with zero attached hydrogens (tertiary/aromatic N) is 1. The highest BCUT2D eigenvalue weighted by Crippen LogP contribution is 2.32. The molecule has 0 bridgehead atoms. The number of fused-ring (bicyclic) bond motifs is 1. The van der Waals surface area contributed by atoms with Crippen LogP contribution < -0.4 is 9.47 Å². The highest BCUT2D eigenvalue weighted by Gasteiger charge is 2.15. The Hall–Kier alpha value is -1.51. The van der Waals surface area contributed by atoms with Gasteiger partial charge in [-0.3, -0.25) is 4.99 Å². The molecule has 1 atom stereocenters. The van der Waals surface area contributed by atoms with Gasteiger partial charge in [-0.2, -0.15) is 0 Å². The minimum absolute atomic E-state index is 0.356. The molecule has 0 aliphatic carbocycles. The van der Waals surface area contributed by atoms with E-state index in [4.69, 9.17) is 9.47 Å². The van der Waals surface area contributed by atoms with E-state index >= 15 is 0 Å². The molecule has 1 aromatic carbocycles. The number of aliphatic imine (C=N–C) groups is 1. The summed E-state index contributed by atoms with van der Waals surface area (Å²) in [7, 11) is 0. The van der Waals surface area contributed by atoms with Crippen LogP contribution >= 0.6 is 0 Å². The summed E-state index contributed by atoms with van der Waals surface area (Å²) in [4.78, 5) is 4.43. The molecule has 1 heterocycles. The van der Waals surface area contributed by atoms with Crippen LogP contribution in [0.25, 0.3) is 0 Å². The van der Waals surface area contributed by atoms with Crippen molar-refractivity contribution in [3.63, 3.8) is 0 Å². The lowest BCUT2D eigenvalue weighted by Gasteiger charge is -2.19. The molecule has 17 heavy (non-hydrogen) atoms. The molecule has 0 fully saturated rings. The summed E-state index contributed by atoms with van der Waals surface area (Å²) in [5.74, 6) is 1.66. The molecule has 3 nitrogen and oxygen atoms in total. The van der Waals surface area contributed by atoms with E-state index in [1.54, 1.807) is 0 Å². The van der Waals surface area contributed by atoms with Gasteiger partial charge in [0.15, 0.2) is 11.5 Å². The molecule has 1 aliphatic heterocycles. The summed E-state index contributed by atoms with van der Waals surface area (Å²) in [6.07, 6.45) is 2.90. The zero-order valence-corrected chi connectivity index (χ0v) is 10.7. The van der Waals surface area contributed by atoms with Crippen LogP contribution in [0.5, 0.6) is 11.5 Å². The first-order chi connectivity index (χ1) is 8.24. The zero-order valence-electron chi connectivity index (χ0n) is 10.7. The van der Waals surface area contributed by atoms with Gasteiger partial charge in [0.25, 0.3) is 0 Å². The Labute approximate surface area is 102 Å². The van der Waals surface area contributed by atoms with Gasteiger partial charge in [0.05, 0.1) is 19.3 Å². The summed E-state index contributed by atoms with van der Waals surface area (Å²) in [6, 6.07) is 4.47. The Kier molecular flexibility index (Phi) is 3.67. The first-order valence-electron chi connectivity index (χ1n) is 6.20. The van der Waals surface area contributed by atoms with Crippen molar-refractivity contribution >= 4 is 6.21 Å². The summed E-state index contributed by atoms with van der Waals surface area (Å²) < 4.78 is 11.2. The Morgan fingerprint density at radius 2 is 1.82 bits per heavy atom. The molecular weight excluding hydrogens is 214 g/mol. The Morgan fingerprint density at radius 3 is 2.47 bits per heavy atom. The van der Waals surface area contributed by atoms with E-state index in [1.807, 2.05) is 26.1 Å². The summed E-state index contributed by atoms with van der Waals surface area (Å²) in [5, 5.41) is 0. The maximum atomic E-state index is 5.62. The third-order valence-electron chi connectivity index (χ3n) is 2.79. The monoisotopic (exact) mass is 233 g/mol. The van der Waals surface area contributed by atoms with Crippen molar-refractivity contribution in [2.75, 3.05) is 13.2 Å². The topological polar surface area (TPSA) is 30.8 Å². The van der Waals surface area contributed by atoms with Gasteiger partial charge in [-0.15, -0.1) is 0 Å². The predicted octanol–water partition coefficient (Wildman–Crippen LogP) is 2.85. The second-order valence-corrected chi connectivity index (χ2v) is 4.20. The minimum Gasteiger partial charge on any atom is -0.490 e. The van der Waals surface area contributed by atoms with Gasteiger partial charge in [0.2, 0.25) is 0 Å². The molecular formula is C14H19NO2. The smallest absolute Gasteiger partial charge is 0.161 e. The van der Waals surface area contributed by atoms with Gasteiger partial charge in [-0.25, -0.2) is 0 Å². The van der Waals surface area contributed by atoms with Crippen molar-refractivity contribution < 1.29 is 9.47 Å². The van der Waals surface area contributed by atoms with E-state index in [2.05, 4.69) is 18.0 Å². The van der Waals surface area contributed by atoms with Crippen molar-refractivity contribution in [2.24, 2.45) is 4.99 Å². The fraction of sp³-hybridized carbons (Fsp3) is 0.500. The van der Waals surface area contributed by atoms with Crippen molar-refractivity contribution in [3.05, 3.63) is 23.3 Å². The fourth-order valence-corrected chi connectivity index (χ4v) is 2.03. The normalized spacial score (nSPS) is 17.7. The summed E-state index contributed by atoms with van der Waals surface area (Å²) in [6.45, 7) is 7.38. The molecule has 1 aliphatic rings. The lowest BCUT2D eigenvalue weighted by Crippen LogP contribution is -2.12. The number of rotatable bonds is 4. The minimum atomic E-state index is 0.356. The van der Waals surface area contributed by atoms with Gasteiger partial charge >= 0.3 is 0 Å². The molecule has 0 N–H and O–H groups in total. The molecule has 2 rings (SSSR count). The van der Waals surface area contributed by atoms with E-state index < -0.39 is 0 Å². The number of hydrogen-bond donors (Lipinski definition) is 0. The molecule has 92 valence electrons. The second kappa shape index (κ2) is 5.21. The maximum absolute atomic E-state index is 5.62. The molecule has 1 aromatic rings. The Morgan fingerprint density at radius 1 is 1.18 bits per heavy atom. The molecule has 0 saturated heterocycles. The van der Waals surface area contributed by atoms with Crippen LogP contribution in [0, 0.1) is 0 Å². The first-order valence-corrected chi connectivity index (χ1v) is 6.20. The maximum Gasteiger partial charge on any atom is 0.161 e. The largest absolute Gasteiger partial charge is 0.490 e. The zero-order chi connectivity index (χ0) is 12.3. The van der Waals surface area contributed by atoms with Gasteiger partial charge in [0, 0.05) is 6.21 Å². The standard InChI is InChI=1S/C14H19NO2/c1-4-16-13-7-11-6-10(3)15-9-12(11)8-14(13)17-5-2/h7-10H,4-6H2,1-3H3. The third-order valence-corrected chi connectivity index (χ3v) is 2.79. The summed E-state index contributed by atoms with van der Waals surface area (Å²) in [5.41, 5.74) is 2.44. The van der Waals surface area contributed by atoms with Crippen LogP contribution in [0.1, 0.15) is 31.9 Å². The molecule has 0 spiro atoms. The quantitative estimate of drug-likeness (QED) is 0.800. The molecule has 0 aromatic heterocycles. The van der Waals surface area contributed by atoms with Gasteiger partial charge in [-0.1, -0.05) is 0 Å². The Bertz CT molecular complexity index is 426. The van der Waals surface area contributed by atoms with Crippen LogP contribution in [-0.2, 0) is 6.42 Å². The molecule has 0 saturated carbocycles. The van der Waals surface area contributed by atoms with Crippen molar-refractivity contribution in [1.29, 1.82) is 0 Å². The van der Waals surface area contributed by atoms with Crippen molar-refractivity contribution in [3.8, 4) is 11.5 Å². The lowest BCUT2D eigenvalue weighted by atomic mass is 9.98. The van der Waals surface area contributed by atoms with Crippen LogP contribution in [0.4, 0.5) is 0 Å². The molecule has 1 unspecified atom stereocenters. The second-order valence-electron chi connectivity index (χ2n) is 4.20. The van der Waals surface area contributed by atoms with Crippen LogP contribution in [-0.4, -0.2) is 25.5 Å². The third kappa shape index (κ3) is 2.60. The van der Waals surface area contributed by atoms with Gasteiger partial charge < -0.3 is 9.47 Å². The van der Waals surface area contributed by atoms with Crippen molar-refractivity contribution in [2.45, 2.75) is 33.2 Å². The van der Waals surface area contributed by atoms with E-state index in [0.717, 1.165) is 23.5 Å². The van der Waals surface area contributed by atoms with E-state index in [1.165, 1.54) is 5.56 Å². The number of ether oxygens (including phenoxy) is 2. The highest BCUT2D eigenvalue weighted by molar-refractivity contribution is 5.84. The van der Waals surface area contributed by atoms with Gasteiger partial charge in [-0.05, 0) is 50.5 Å². The lowest BCUT2D eigenvalue weighted by molar-refractivity contribution is 0.287. The van der Waals surface area contributed by atoms with E-state index in [0.29, 0.717) is 19.3 Å². The first kappa shape index (κ1) is 12.0. The number of benzene rings is 1. The Balaban J connectivity index is 2.38. The summed E-state index contributed by atoms with van der Waals surface area (Å²) >= 11 is 0. The molecule has 0 amide bonds. The molecule has 3 heteroatoms. The van der Waals surface area contributed by atoms with Crippen LogP contribution in [0.2, 0.25) is 0 Å². The van der Waals surface area contributed by atoms with Crippen molar-refractivity contribution in [1.82, 2.24) is 0 Å². The highest BCUT2D eigenvalue weighted by atomic mass is 16.5. The van der Waals surface area contributed by atoms with Crippen LogP contribution in [0.15, 0.2) is 17.1 Å². The average molecular weight is 233 g/mol. The number of hydrogen-bond acceptors (Lipinski definition) is 3. The van der Waals surface area contributed by atoms with E-state index in [9.17, 15) is 0 Å².